The Bertz CT molecular complexity index is 1780. The Hall–Kier alpha value is -4.02. The molecule has 0 unspecified atom stereocenters. The van der Waals surface area contributed by atoms with Crippen molar-refractivity contribution in [2.45, 2.75) is 0 Å². The molecule has 7 aromatic rings. The second kappa shape index (κ2) is 6.74. The average Bonchev–Trinajstić information content (AvgIpc) is 3.40. The van der Waals surface area contributed by atoms with Gasteiger partial charge in [0.2, 0.25) is 0 Å². The van der Waals surface area contributed by atoms with Gasteiger partial charge in [-0.3, -0.25) is 4.98 Å². The van der Waals surface area contributed by atoms with Crippen molar-refractivity contribution in [3.8, 4) is 16.9 Å². The number of nitrogens with zero attached hydrogens (tertiary/aromatic N) is 3. The molecule has 0 saturated carbocycles. The number of hydrogen-bond acceptors (Lipinski definition) is 3. The van der Waals surface area contributed by atoms with E-state index in [1.54, 1.807) is 11.3 Å². The molecule has 4 heterocycles. The first-order valence-electron chi connectivity index (χ1n) is 10.6. The number of benzene rings is 3. The van der Waals surface area contributed by atoms with E-state index in [0.29, 0.717) is 0 Å². The number of pyridine rings is 2. The minimum absolute atomic E-state index is 0.962. The summed E-state index contributed by atoms with van der Waals surface area (Å²) in [6.45, 7) is 0. The fraction of sp³-hybridized carbons (Fsp3) is 0. The zero-order valence-corrected chi connectivity index (χ0v) is 17.9. The Morgan fingerprint density at radius 2 is 1.41 bits per heavy atom. The quantitative estimate of drug-likeness (QED) is 0.284. The summed E-state index contributed by atoms with van der Waals surface area (Å²) in [5.74, 6) is 0. The summed E-state index contributed by atoms with van der Waals surface area (Å²) >= 11 is 1.76. The summed E-state index contributed by atoms with van der Waals surface area (Å²) in [5, 5.41) is 5.02. The molecule has 0 fully saturated rings. The lowest BCUT2D eigenvalue weighted by Crippen LogP contribution is -1.98. The highest BCUT2D eigenvalue weighted by Crippen LogP contribution is 2.43. The predicted molar refractivity (Wildman–Crippen MR) is 135 cm³/mol. The fourth-order valence-electron chi connectivity index (χ4n) is 4.80. The van der Waals surface area contributed by atoms with Crippen LogP contribution in [-0.2, 0) is 0 Å². The van der Waals surface area contributed by atoms with Crippen molar-refractivity contribution in [2.75, 3.05) is 0 Å². The monoisotopic (exact) mass is 427 g/mol. The highest BCUT2D eigenvalue weighted by Gasteiger charge is 2.19. The minimum atomic E-state index is 0.962. The molecule has 0 bridgehead atoms. The normalized spacial score (nSPS) is 11.8. The van der Waals surface area contributed by atoms with Gasteiger partial charge in [0, 0.05) is 38.0 Å². The number of aromatic nitrogens is 3. The van der Waals surface area contributed by atoms with Gasteiger partial charge in [-0.05, 0) is 30.3 Å². The molecule has 4 aromatic heterocycles. The van der Waals surface area contributed by atoms with Gasteiger partial charge in [0.1, 0.15) is 4.83 Å². The summed E-state index contributed by atoms with van der Waals surface area (Å²) in [6, 6.07) is 31.8. The van der Waals surface area contributed by atoms with Crippen LogP contribution in [0.25, 0.3) is 59.1 Å². The number of rotatable bonds is 2. The molecule has 150 valence electrons. The Balaban J connectivity index is 1.68. The van der Waals surface area contributed by atoms with E-state index >= 15 is 0 Å². The van der Waals surface area contributed by atoms with Gasteiger partial charge < -0.3 is 4.57 Å². The van der Waals surface area contributed by atoms with Gasteiger partial charge in [-0.2, -0.15) is 0 Å². The van der Waals surface area contributed by atoms with Gasteiger partial charge in [-0.1, -0.05) is 60.7 Å². The first kappa shape index (κ1) is 17.6. The lowest BCUT2D eigenvalue weighted by molar-refractivity contribution is 1.16. The predicted octanol–water partition coefficient (Wildman–Crippen LogP) is 7.61. The third kappa shape index (κ3) is 2.41. The van der Waals surface area contributed by atoms with E-state index in [1.165, 1.54) is 31.8 Å². The van der Waals surface area contributed by atoms with Gasteiger partial charge in [0.25, 0.3) is 0 Å². The second-order valence-corrected chi connectivity index (χ2v) is 8.91. The topological polar surface area (TPSA) is 30.7 Å². The third-order valence-corrected chi connectivity index (χ3v) is 7.21. The summed E-state index contributed by atoms with van der Waals surface area (Å²) in [4.78, 5) is 10.6. The molecule has 0 aliphatic carbocycles. The van der Waals surface area contributed by atoms with E-state index in [9.17, 15) is 0 Å². The number of thiophene rings is 1. The summed E-state index contributed by atoms with van der Waals surface area (Å²) in [6.07, 6.45) is 3.88. The molecule has 3 nitrogen and oxygen atoms in total. The van der Waals surface area contributed by atoms with Gasteiger partial charge in [-0.25, -0.2) is 4.98 Å². The van der Waals surface area contributed by atoms with Crippen LogP contribution < -0.4 is 0 Å². The number of fused-ring (bicyclic) bond motifs is 7. The zero-order valence-electron chi connectivity index (χ0n) is 17.1. The molecular formula is C28H17N3S. The van der Waals surface area contributed by atoms with E-state index in [0.717, 1.165) is 27.3 Å². The van der Waals surface area contributed by atoms with Crippen molar-refractivity contribution in [3.05, 3.63) is 103 Å². The second-order valence-electron chi connectivity index (χ2n) is 7.88. The van der Waals surface area contributed by atoms with Crippen LogP contribution in [0.1, 0.15) is 0 Å². The van der Waals surface area contributed by atoms with Gasteiger partial charge in [0.15, 0.2) is 0 Å². The van der Waals surface area contributed by atoms with Crippen molar-refractivity contribution < 1.29 is 0 Å². The first-order valence-corrected chi connectivity index (χ1v) is 11.4. The Morgan fingerprint density at radius 3 is 2.31 bits per heavy atom. The molecule has 0 spiro atoms. The number of para-hydroxylation sites is 2. The van der Waals surface area contributed by atoms with Crippen LogP contribution in [0.15, 0.2) is 103 Å². The highest BCUT2D eigenvalue weighted by molar-refractivity contribution is 7.25. The Morgan fingerprint density at radius 1 is 0.625 bits per heavy atom. The smallest absolute Gasteiger partial charge is 0.125 e. The highest BCUT2D eigenvalue weighted by atomic mass is 32.1. The molecule has 0 N–H and O–H groups in total. The molecule has 0 atom stereocenters. The van der Waals surface area contributed by atoms with Crippen LogP contribution in [0.4, 0.5) is 0 Å². The molecule has 4 heteroatoms. The lowest BCUT2D eigenvalue weighted by Gasteiger charge is -2.13. The van der Waals surface area contributed by atoms with Crippen LogP contribution in [-0.4, -0.2) is 14.5 Å². The van der Waals surface area contributed by atoms with Gasteiger partial charge in [0.05, 0.1) is 28.6 Å². The van der Waals surface area contributed by atoms with Crippen molar-refractivity contribution in [2.24, 2.45) is 0 Å². The van der Waals surface area contributed by atoms with Crippen molar-refractivity contribution >= 4 is 53.4 Å². The zero-order chi connectivity index (χ0) is 21.1. The van der Waals surface area contributed by atoms with Crippen molar-refractivity contribution in [3.63, 3.8) is 0 Å². The van der Waals surface area contributed by atoms with Crippen LogP contribution in [0.5, 0.6) is 0 Å². The first-order chi connectivity index (χ1) is 15.9. The maximum Gasteiger partial charge on any atom is 0.125 e. The minimum Gasteiger partial charge on any atom is -0.307 e. The van der Waals surface area contributed by atoms with E-state index in [1.807, 2.05) is 24.5 Å². The molecule has 3 aromatic carbocycles. The van der Waals surface area contributed by atoms with Crippen molar-refractivity contribution in [1.29, 1.82) is 0 Å². The standard InChI is InChI=1S/C28H17N3S/c1-4-13-22(18(9-1)21-12-7-8-16-29-21)31-23-14-5-2-10-19(23)26-24(31)17-30-28-27(26)20-11-3-6-15-25(20)32-28/h1-17H. The summed E-state index contributed by atoms with van der Waals surface area (Å²) in [7, 11) is 0. The van der Waals surface area contributed by atoms with E-state index in [2.05, 4.69) is 88.4 Å². The number of hydrogen-bond donors (Lipinski definition) is 0. The molecule has 0 aliphatic heterocycles. The maximum atomic E-state index is 4.91. The summed E-state index contributed by atoms with van der Waals surface area (Å²) < 4.78 is 3.61. The van der Waals surface area contributed by atoms with E-state index in [4.69, 9.17) is 4.98 Å². The van der Waals surface area contributed by atoms with Crippen LogP contribution in [0.3, 0.4) is 0 Å². The SMILES string of the molecule is c1ccc(-c2ccccc2-n2c3ccccc3c3c4c(ncc32)sc2ccccc24)nc1. The molecule has 0 saturated heterocycles. The van der Waals surface area contributed by atoms with Crippen LogP contribution in [0, 0.1) is 0 Å². The van der Waals surface area contributed by atoms with Crippen molar-refractivity contribution in [1.82, 2.24) is 14.5 Å². The Kier molecular flexibility index (Phi) is 3.72. The third-order valence-electron chi connectivity index (χ3n) is 6.13. The average molecular weight is 428 g/mol. The molecule has 0 amide bonds. The van der Waals surface area contributed by atoms with E-state index < -0.39 is 0 Å². The molecular weight excluding hydrogens is 410 g/mol. The molecule has 0 radical (unpaired) electrons. The van der Waals surface area contributed by atoms with E-state index in [-0.39, 0.29) is 0 Å². The molecule has 0 aliphatic rings. The fourth-order valence-corrected chi connectivity index (χ4v) is 5.85. The maximum absolute atomic E-state index is 4.91. The molecule has 7 rings (SSSR count). The lowest BCUT2D eigenvalue weighted by atomic mass is 10.1. The van der Waals surface area contributed by atoms with Crippen LogP contribution in [0.2, 0.25) is 0 Å². The van der Waals surface area contributed by atoms with Gasteiger partial charge >= 0.3 is 0 Å². The molecule has 32 heavy (non-hydrogen) atoms. The summed E-state index contributed by atoms with van der Waals surface area (Å²) in [5.41, 5.74) is 5.47. The van der Waals surface area contributed by atoms with Gasteiger partial charge in [-0.15, -0.1) is 11.3 Å². The van der Waals surface area contributed by atoms with Crippen LogP contribution >= 0.6 is 11.3 Å². The Labute approximate surface area is 188 Å². The largest absolute Gasteiger partial charge is 0.307 e.